The summed E-state index contributed by atoms with van der Waals surface area (Å²) in [5.41, 5.74) is 4.04. The number of amides is 2. The van der Waals surface area contributed by atoms with E-state index in [1.165, 1.54) is 12.8 Å². The van der Waals surface area contributed by atoms with E-state index in [1.807, 2.05) is 45.0 Å². The average molecular weight is 325 g/mol. The third-order valence-corrected chi connectivity index (χ3v) is 4.28. The quantitative estimate of drug-likeness (QED) is 0.904. The van der Waals surface area contributed by atoms with Crippen molar-refractivity contribution >= 4 is 23.4 Å². The summed E-state index contributed by atoms with van der Waals surface area (Å²) in [7, 11) is 0. The van der Waals surface area contributed by atoms with Crippen LogP contribution in [0.15, 0.2) is 24.3 Å². The number of aryl methyl sites for hydroxylation is 3. The van der Waals surface area contributed by atoms with Gasteiger partial charge in [0.25, 0.3) is 0 Å². The minimum Gasteiger partial charge on any atom is -0.341 e. The van der Waals surface area contributed by atoms with E-state index in [9.17, 15) is 4.79 Å². The molecule has 1 aliphatic rings. The summed E-state index contributed by atoms with van der Waals surface area (Å²) in [6.45, 7) is 7.76. The maximum atomic E-state index is 12.3. The summed E-state index contributed by atoms with van der Waals surface area (Å²) < 4.78 is 0. The minimum atomic E-state index is -0.284. The highest BCUT2D eigenvalue weighted by atomic mass is 16.2. The van der Waals surface area contributed by atoms with Crippen molar-refractivity contribution in [1.82, 2.24) is 9.97 Å². The molecule has 2 amide bonds. The third-order valence-electron chi connectivity index (χ3n) is 4.28. The Hall–Kier alpha value is -2.63. The van der Waals surface area contributed by atoms with Crippen LogP contribution in [0, 0.1) is 20.8 Å². The molecule has 0 aliphatic carbocycles. The minimum absolute atomic E-state index is 0.284. The summed E-state index contributed by atoms with van der Waals surface area (Å²) in [5, 5.41) is 5.75. The third kappa shape index (κ3) is 3.48. The van der Waals surface area contributed by atoms with Crippen LogP contribution in [0.4, 0.5) is 22.1 Å². The summed E-state index contributed by atoms with van der Waals surface area (Å²) in [4.78, 5) is 23.6. The van der Waals surface area contributed by atoms with Gasteiger partial charge in [-0.05, 0) is 45.2 Å². The normalized spacial score (nSPS) is 13.9. The summed E-state index contributed by atoms with van der Waals surface area (Å²) >= 11 is 0. The largest absolute Gasteiger partial charge is 0.341 e. The fourth-order valence-electron chi connectivity index (χ4n) is 2.92. The molecule has 1 aromatic carbocycles. The van der Waals surface area contributed by atoms with E-state index < -0.39 is 0 Å². The van der Waals surface area contributed by atoms with Crippen LogP contribution in [-0.4, -0.2) is 29.1 Å². The van der Waals surface area contributed by atoms with Crippen molar-refractivity contribution in [3.8, 4) is 0 Å². The van der Waals surface area contributed by atoms with Crippen LogP contribution >= 0.6 is 0 Å². The molecule has 0 atom stereocenters. The van der Waals surface area contributed by atoms with E-state index in [0.29, 0.717) is 5.69 Å². The van der Waals surface area contributed by atoms with Crippen molar-refractivity contribution in [3.05, 3.63) is 41.2 Å². The molecular weight excluding hydrogens is 302 g/mol. The number of nitrogens with zero attached hydrogens (tertiary/aromatic N) is 3. The Balaban J connectivity index is 1.75. The van der Waals surface area contributed by atoms with Gasteiger partial charge in [-0.15, -0.1) is 0 Å². The van der Waals surface area contributed by atoms with Crippen LogP contribution in [0.1, 0.15) is 29.8 Å². The lowest BCUT2D eigenvalue weighted by atomic mass is 10.2. The van der Waals surface area contributed by atoms with Gasteiger partial charge in [-0.1, -0.05) is 18.2 Å². The van der Waals surface area contributed by atoms with Crippen molar-refractivity contribution in [3.63, 3.8) is 0 Å². The number of para-hydroxylation sites is 1. The molecule has 1 fully saturated rings. The molecule has 0 unspecified atom stereocenters. The SMILES string of the molecule is Cc1ccccc1NC(=O)Nc1c(C)nc(N2CCCC2)nc1C. The van der Waals surface area contributed by atoms with Crippen LogP contribution in [0.5, 0.6) is 0 Å². The first-order valence-corrected chi connectivity index (χ1v) is 8.28. The van der Waals surface area contributed by atoms with Gasteiger partial charge < -0.3 is 15.5 Å². The van der Waals surface area contributed by atoms with E-state index in [4.69, 9.17) is 0 Å². The first kappa shape index (κ1) is 16.2. The van der Waals surface area contributed by atoms with Gasteiger partial charge in [0.2, 0.25) is 5.95 Å². The van der Waals surface area contributed by atoms with Gasteiger partial charge in [0.05, 0.1) is 17.1 Å². The number of carbonyl (C=O) groups is 1. The summed E-state index contributed by atoms with van der Waals surface area (Å²) in [6.07, 6.45) is 2.36. The molecule has 2 heterocycles. The summed E-state index contributed by atoms with van der Waals surface area (Å²) in [5.74, 6) is 0.757. The van der Waals surface area contributed by atoms with Gasteiger partial charge >= 0.3 is 6.03 Å². The number of nitrogens with one attached hydrogen (secondary N) is 2. The van der Waals surface area contributed by atoms with Crippen LogP contribution in [0.3, 0.4) is 0 Å². The Bertz CT molecular complexity index is 730. The number of hydrogen-bond donors (Lipinski definition) is 2. The van der Waals surface area contributed by atoms with Crippen molar-refractivity contribution in [1.29, 1.82) is 0 Å². The van der Waals surface area contributed by atoms with Crippen molar-refractivity contribution in [2.45, 2.75) is 33.6 Å². The topological polar surface area (TPSA) is 70.2 Å². The lowest BCUT2D eigenvalue weighted by Crippen LogP contribution is -2.24. The molecule has 0 radical (unpaired) electrons. The van der Waals surface area contributed by atoms with E-state index in [0.717, 1.165) is 41.7 Å². The Labute approximate surface area is 142 Å². The van der Waals surface area contributed by atoms with Gasteiger partial charge in [-0.3, -0.25) is 0 Å². The Morgan fingerprint density at radius 3 is 2.25 bits per heavy atom. The summed E-state index contributed by atoms with van der Waals surface area (Å²) in [6, 6.07) is 7.39. The number of hydrogen-bond acceptors (Lipinski definition) is 4. The van der Waals surface area contributed by atoms with Crippen molar-refractivity contribution in [2.75, 3.05) is 28.6 Å². The molecule has 0 spiro atoms. The molecule has 2 aromatic rings. The smallest absolute Gasteiger partial charge is 0.323 e. The number of rotatable bonds is 3. The van der Waals surface area contributed by atoms with Crippen LogP contribution in [-0.2, 0) is 0 Å². The maximum Gasteiger partial charge on any atom is 0.323 e. The molecule has 1 aromatic heterocycles. The first-order valence-electron chi connectivity index (χ1n) is 8.28. The Morgan fingerprint density at radius 2 is 1.62 bits per heavy atom. The second-order valence-corrected chi connectivity index (χ2v) is 6.16. The monoisotopic (exact) mass is 325 g/mol. The number of carbonyl (C=O) groups excluding carboxylic acids is 1. The fraction of sp³-hybridized carbons (Fsp3) is 0.389. The molecule has 3 rings (SSSR count). The predicted molar refractivity (Wildman–Crippen MR) is 96.8 cm³/mol. The standard InChI is InChI=1S/C18H23N5O/c1-12-8-4-5-9-15(12)21-18(24)22-16-13(2)19-17(20-14(16)3)23-10-6-7-11-23/h4-5,8-9H,6-7,10-11H2,1-3H3,(H2,21,22,24). The zero-order valence-corrected chi connectivity index (χ0v) is 14.4. The number of anilines is 3. The molecular formula is C18H23N5O. The van der Waals surface area contributed by atoms with Gasteiger partial charge in [0, 0.05) is 18.8 Å². The Morgan fingerprint density at radius 1 is 1.00 bits per heavy atom. The van der Waals surface area contributed by atoms with E-state index >= 15 is 0 Å². The molecule has 24 heavy (non-hydrogen) atoms. The Kier molecular flexibility index (Phi) is 4.64. The van der Waals surface area contributed by atoms with Gasteiger partial charge in [-0.25, -0.2) is 14.8 Å². The number of aromatic nitrogens is 2. The van der Waals surface area contributed by atoms with Gasteiger partial charge in [0.1, 0.15) is 0 Å². The number of urea groups is 1. The first-order chi connectivity index (χ1) is 11.5. The zero-order chi connectivity index (χ0) is 17.1. The van der Waals surface area contributed by atoms with Gasteiger partial charge in [0.15, 0.2) is 0 Å². The molecule has 2 N–H and O–H groups in total. The highest BCUT2D eigenvalue weighted by molar-refractivity contribution is 6.00. The van der Waals surface area contributed by atoms with Crippen LogP contribution in [0.2, 0.25) is 0 Å². The fourth-order valence-corrected chi connectivity index (χ4v) is 2.92. The zero-order valence-electron chi connectivity index (χ0n) is 14.4. The van der Waals surface area contributed by atoms with E-state index in [2.05, 4.69) is 25.5 Å². The lowest BCUT2D eigenvalue weighted by Gasteiger charge is -2.18. The van der Waals surface area contributed by atoms with E-state index in [1.54, 1.807) is 0 Å². The van der Waals surface area contributed by atoms with Gasteiger partial charge in [-0.2, -0.15) is 0 Å². The molecule has 1 aliphatic heterocycles. The second-order valence-electron chi connectivity index (χ2n) is 6.16. The number of benzene rings is 1. The van der Waals surface area contributed by atoms with Crippen LogP contribution in [0.25, 0.3) is 0 Å². The molecule has 126 valence electrons. The molecule has 1 saturated heterocycles. The van der Waals surface area contributed by atoms with Crippen molar-refractivity contribution in [2.24, 2.45) is 0 Å². The molecule has 6 nitrogen and oxygen atoms in total. The molecule has 6 heteroatoms. The predicted octanol–water partition coefficient (Wildman–Crippen LogP) is 3.65. The van der Waals surface area contributed by atoms with Crippen LogP contribution < -0.4 is 15.5 Å². The van der Waals surface area contributed by atoms with E-state index in [-0.39, 0.29) is 6.03 Å². The highest BCUT2D eigenvalue weighted by Crippen LogP contribution is 2.23. The second kappa shape index (κ2) is 6.86. The lowest BCUT2D eigenvalue weighted by molar-refractivity contribution is 0.262. The molecule has 0 saturated carbocycles. The average Bonchev–Trinajstić information content (AvgIpc) is 3.07. The molecule has 0 bridgehead atoms. The highest BCUT2D eigenvalue weighted by Gasteiger charge is 2.18. The maximum absolute atomic E-state index is 12.3. The van der Waals surface area contributed by atoms with Crippen molar-refractivity contribution < 1.29 is 4.79 Å².